The van der Waals surface area contributed by atoms with Crippen molar-refractivity contribution in [3.8, 4) is 17.2 Å². The molecule has 30 heavy (non-hydrogen) atoms. The van der Waals surface area contributed by atoms with Gasteiger partial charge in [-0.15, -0.1) is 0 Å². The third-order valence-electron chi connectivity index (χ3n) is 4.92. The second-order valence-electron chi connectivity index (χ2n) is 7.39. The van der Waals surface area contributed by atoms with Crippen LogP contribution in [0.5, 0.6) is 17.2 Å². The van der Waals surface area contributed by atoms with Crippen molar-refractivity contribution in [2.45, 2.75) is 76.0 Å². The summed E-state index contributed by atoms with van der Waals surface area (Å²) in [4.78, 5) is -0.680. The molecule has 7 heteroatoms. The Bertz CT molecular complexity index is 868. The monoisotopic (exact) mass is 458 g/mol. The second kappa shape index (κ2) is 14.6. The Morgan fingerprint density at radius 3 is 2.13 bits per heavy atom. The van der Waals surface area contributed by atoms with Gasteiger partial charge in [-0.3, -0.25) is 4.55 Å². The molecule has 0 bridgehead atoms. The molecular weight excluding hydrogens is 427 g/mol. The first-order valence-electron chi connectivity index (χ1n) is 10.5. The van der Waals surface area contributed by atoms with Gasteiger partial charge in [-0.25, -0.2) is 0 Å². The van der Waals surface area contributed by atoms with E-state index in [4.69, 9.17) is 9.29 Å². The average Bonchev–Trinajstić information content (AvgIpc) is 2.68. The normalized spacial score (nSPS) is 11.1. The summed E-state index contributed by atoms with van der Waals surface area (Å²) in [5, 5.41) is 12.2. The molecule has 2 rings (SSSR count). The first-order chi connectivity index (χ1) is 13.9. The molecule has 0 atom stereocenters. The Labute approximate surface area is 223 Å². The minimum atomic E-state index is -4.58. The molecule has 160 valence electrons. The number of hydrogen-bond acceptors (Lipinski definition) is 4. The molecule has 2 aromatic carbocycles. The molecule has 0 aliphatic carbocycles. The topological polar surface area (TPSA) is 86.7 Å². The Morgan fingerprint density at radius 2 is 1.50 bits per heavy atom. The molecule has 2 aromatic rings. The SMILES string of the molecule is CCCCCCCCCCCc1cccc(Oc2cccc(S(=O)(=O)O)c2[O-])c1.[K+]. The quantitative estimate of drug-likeness (QED) is 0.283. The summed E-state index contributed by atoms with van der Waals surface area (Å²) < 4.78 is 37.3. The summed E-state index contributed by atoms with van der Waals surface area (Å²) >= 11 is 0. The standard InChI is InChI=1S/C23H32O5S.K/c1-2-3-4-5-6-7-8-9-10-13-19-14-11-15-20(18-19)28-21-16-12-17-22(23(21)24)29(25,26)27;/h11-12,14-18,24H,2-10,13H2,1H3,(H,25,26,27);/q;+1/p-1. The van der Waals surface area contributed by atoms with E-state index in [1.165, 1.54) is 63.5 Å². The van der Waals surface area contributed by atoms with Gasteiger partial charge in [-0.1, -0.05) is 76.5 Å². The number of unbranched alkanes of at least 4 members (excludes halogenated alkanes) is 8. The number of aryl methyl sites for hydroxylation is 1. The first kappa shape index (κ1) is 27.6. The molecule has 0 aliphatic rings. The first-order valence-corrected chi connectivity index (χ1v) is 11.9. The summed E-state index contributed by atoms with van der Waals surface area (Å²) in [7, 11) is -4.58. The zero-order valence-electron chi connectivity index (χ0n) is 18.1. The van der Waals surface area contributed by atoms with Crippen molar-refractivity contribution in [3.63, 3.8) is 0 Å². The van der Waals surface area contributed by atoms with E-state index < -0.39 is 20.8 Å². The van der Waals surface area contributed by atoms with Gasteiger partial charge in [-0.05, 0) is 48.4 Å². The average molecular weight is 459 g/mol. The van der Waals surface area contributed by atoms with Crippen LogP contribution in [0.2, 0.25) is 0 Å². The number of benzene rings is 2. The van der Waals surface area contributed by atoms with Crippen LogP contribution in [0.3, 0.4) is 0 Å². The predicted molar refractivity (Wildman–Crippen MR) is 113 cm³/mol. The molecule has 0 radical (unpaired) electrons. The molecule has 0 fully saturated rings. The van der Waals surface area contributed by atoms with Gasteiger partial charge in [0.15, 0.2) is 0 Å². The minimum absolute atomic E-state index is 0. The zero-order chi connectivity index (χ0) is 21.1. The summed E-state index contributed by atoms with van der Waals surface area (Å²) in [5.74, 6) is -0.498. The number of rotatable bonds is 13. The van der Waals surface area contributed by atoms with E-state index >= 15 is 0 Å². The van der Waals surface area contributed by atoms with Gasteiger partial charge in [0, 0.05) is 0 Å². The molecule has 0 spiro atoms. The van der Waals surface area contributed by atoms with Crippen molar-refractivity contribution in [3.05, 3.63) is 48.0 Å². The smallest absolute Gasteiger partial charge is 0.869 e. The van der Waals surface area contributed by atoms with Crippen LogP contribution in [0.1, 0.15) is 70.3 Å². The maximum absolute atomic E-state index is 12.2. The fourth-order valence-corrected chi connectivity index (χ4v) is 3.90. The number of ether oxygens (including phenoxy) is 1. The van der Waals surface area contributed by atoms with Gasteiger partial charge in [0.1, 0.15) is 11.5 Å². The van der Waals surface area contributed by atoms with Crippen LogP contribution in [0.15, 0.2) is 47.4 Å². The van der Waals surface area contributed by atoms with Crippen LogP contribution >= 0.6 is 0 Å². The van der Waals surface area contributed by atoms with Gasteiger partial charge in [0.05, 0.1) is 4.90 Å². The predicted octanol–water partition coefficient (Wildman–Crippen LogP) is 2.88. The van der Waals surface area contributed by atoms with E-state index in [9.17, 15) is 13.5 Å². The van der Waals surface area contributed by atoms with E-state index in [1.807, 2.05) is 18.2 Å². The summed E-state index contributed by atoms with van der Waals surface area (Å²) in [6, 6.07) is 11.3. The zero-order valence-corrected chi connectivity index (χ0v) is 22.0. The van der Waals surface area contributed by atoms with Gasteiger partial charge in [-0.2, -0.15) is 8.42 Å². The van der Waals surface area contributed by atoms with Crippen LogP contribution in [-0.2, 0) is 16.5 Å². The van der Waals surface area contributed by atoms with Crippen molar-refractivity contribution in [1.29, 1.82) is 0 Å². The molecular formula is C23H31KO5S. The summed E-state index contributed by atoms with van der Waals surface area (Å²) in [6.45, 7) is 2.23. The molecule has 0 unspecified atom stereocenters. The van der Waals surface area contributed by atoms with Crippen molar-refractivity contribution >= 4 is 10.1 Å². The van der Waals surface area contributed by atoms with E-state index in [1.54, 1.807) is 6.07 Å². The second-order valence-corrected chi connectivity index (χ2v) is 8.78. The van der Waals surface area contributed by atoms with Gasteiger partial charge in [0.2, 0.25) is 0 Å². The fraction of sp³-hybridized carbons (Fsp3) is 0.478. The molecule has 0 aliphatic heterocycles. The van der Waals surface area contributed by atoms with E-state index in [0.29, 0.717) is 5.75 Å². The van der Waals surface area contributed by atoms with Gasteiger partial charge >= 0.3 is 51.4 Å². The molecule has 0 heterocycles. The molecule has 5 nitrogen and oxygen atoms in total. The van der Waals surface area contributed by atoms with Crippen molar-refractivity contribution in [1.82, 2.24) is 0 Å². The van der Waals surface area contributed by atoms with Crippen LogP contribution in [-0.4, -0.2) is 13.0 Å². The third kappa shape index (κ3) is 9.81. The maximum Gasteiger partial charge on any atom is 1.00 e. The molecule has 0 aromatic heterocycles. The van der Waals surface area contributed by atoms with E-state index in [0.717, 1.165) is 24.5 Å². The molecule has 0 saturated carbocycles. The Morgan fingerprint density at radius 1 is 0.900 bits per heavy atom. The molecule has 0 amide bonds. The van der Waals surface area contributed by atoms with Crippen LogP contribution in [0, 0.1) is 0 Å². The van der Waals surface area contributed by atoms with Crippen molar-refractivity contribution < 1.29 is 74.2 Å². The van der Waals surface area contributed by atoms with Crippen LogP contribution < -0.4 is 61.2 Å². The maximum atomic E-state index is 12.2. The Hall–Kier alpha value is -0.414. The number of hydrogen-bond donors (Lipinski definition) is 1. The van der Waals surface area contributed by atoms with Gasteiger partial charge in [0.25, 0.3) is 10.1 Å². The van der Waals surface area contributed by atoms with Crippen molar-refractivity contribution in [2.24, 2.45) is 0 Å². The Balaban J connectivity index is 0.00000450. The third-order valence-corrected chi connectivity index (χ3v) is 5.79. The largest absolute Gasteiger partial charge is 1.00 e. The fourth-order valence-electron chi connectivity index (χ4n) is 3.31. The van der Waals surface area contributed by atoms with E-state index in [2.05, 4.69) is 6.92 Å². The summed E-state index contributed by atoms with van der Waals surface area (Å²) in [5.41, 5.74) is 1.11. The van der Waals surface area contributed by atoms with Crippen LogP contribution in [0.25, 0.3) is 0 Å². The van der Waals surface area contributed by atoms with Crippen molar-refractivity contribution in [2.75, 3.05) is 0 Å². The number of para-hydroxylation sites is 1. The Kier molecular flexibility index (Phi) is 13.5. The van der Waals surface area contributed by atoms with Crippen LogP contribution in [0.4, 0.5) is 0 Å². The molecule has 1 N–H and O–H groups in total. The summed E-state index contributed by atoms with van der Waals surface area (Å²) in [6.07, 6.45) is 12.4. The van der Waals surface area contributed by atoms with E-state index in [-0.39, 0.29) is 57.1 Å². The minimum Gasteiger partial charge on any atom is -0.869 e. The van der Waals surface area contributed by atoms with Gasteiger partial charge < -0.3 is 9.84 Å². The molecule has 0 saturated heterocycles.